The highest BCUT2D eigenvalue weighted by molar-refractivity contribution is 6.06. The highest BCUT2D eigenvalue weighted by atomic mass is 19.3. The van der Waals surface area contributed by atoms with E-state index in [2.05, 4.69) is 38.1 Å². The number of Topliss-reactive ketones (excluding diaryl/α,β-unsaturated/α-hetero) is 1. The second kappa shape index (κ2) is 25.6. The van der Waals surface area contributed by atoms with E-state index in [9.17, 15) is 51.9 Å². The standard InChI is InChI=1S/C59H68F2N8O9/c1-59(60,61)39-23-25-44-38(32-39)33-47(64-44)54(74)66-46-22-15-20-40-24-27-49(69(40)58(46)78)56(76)65-45(26-29-51(62)71)50(70)34-42(36-16-11-9-12-17-36)53(73)63-31-13-8-6-4-2-3-5-7-10-18-37-19-14-21-41-43(37)35-68(57(41)77)48-28-30-52(72)67-55(48)75/h9,11-12,14,16-17,19,21,23,25,32-33,40,42,45-46,48-49,64H,2-8,13,15,20,22,24,26-31,34-35H2,1H3,(H2,62,71)(H,63,73)(H,65,76)(H,66,74)(H,67,72,75)/t40-,42+,45+,46+,48?,49+/m1/s1. The summed E-state index contributed by atoms with van der Waals surface area (Å²) < 4.78 is 28.0. The molecule has 8 amide bonds. The number of imide groups is 1. The molecule has 8 rings (SSSR count). The van der Waals surface area contributed by atoms with Gasteiger partial charge in [-0.05, 0) is 99.2 Å². The lowest BCUT2D eigenvalue weighted by Crippen LogP contribution is -2.56. The van der Waals surface area contributed by atoms with Crippen molar-refractivity contribution in [1.29, 1.82) is 0 Å². The monoisotopic (exact) mass is 1070 g/mol. The first-order valence-corrected chi connectivity index (χ1v) is 27.3. The summed E-state index contributed by atoms with van der Waals surface area (Å²) in [7, 11) is 0. The minimum absolute atomic E-state index is 0.0857. The Labute approximate surface area is 451 Å². The zero-order chi connectivity index (χ0) is 55.5. The number of rotatable bonds is 23. The molecule has 78 heavy (non-hydrogen) atoms. The van der Waals surface area contributed by atoms with Crippen molar-refractivity contribution in [2.24, 2.45) is 5.73 Å². The van der Waals surface area contributed by atoms with Gasteiger partial charge in [0.05, 0.1) is 12.0 Å². The molecule has 0 radical (unpaired) electrons. The fraction of sp³-hybridized carbons (Fsp3) is 0.475. The fourth-order valence-corrected chi connectivity index (χ4v) is 11.2. The number of fused-ring (bicyclic) bond motifs is 3. The van der Waals surface area contributed by atoms with E-state index < -0.39 is 71.3 Å². The van der Waals surface area contributed by atoms with Gasteiger partial charge in [0.2, 0.25) is 35.4 Å². The lowest BCUT2D eigenvalue weighted by molar-refractivity contribution is -0.142. The summed E-state index contributed by atoms with van der Waals surface area (Å²) in [5.74, 6) is -1.67. The maximum Gasteiger partial charge on any atom is 0.270 e. The Morgan fingerprint density at radius 1 is 0.859 bits per heavy atom. The molecule has 0 bridgehead atoms. The zero-order valence-electron chi connectivity index (χ0n) is 43.9. The van der Waals surface area contributed by atoms with E-state index >= 15 is 0 Å². The maximum atomic E-state index is 14.2. The SMILES string of the molecule is CC(F)(F)c1ccc2[nH]c(C(=O)N[C@H]3CCC[C@@H]4CC[C@@H](C(=O)N[C@@H](CCC(N)=O)C(=O)C[C@H](C(=O)NCCCCCCCCCC#Cc5cccc6c5CN(C5CCC(=O)NC5=O)C6=O)c5ccccc5)N4C3=O)cc2c1. The second-order valence-corrected chi connectivity index (χ2v) is 21.1. The van der Waals surface area contributed by atoms with Crippen LogP contribution in [0.4, 0.5) is 8.78 Å². The summed E-state index contributed by atoms with van der Waals surface area (Å²) in [4.78, 5) is 125. The predicted octanol–water partition coefficient (Wildman–Crippen LogP) is 6.46. The maximum absolute atomic E-state index is 14.2. The number of amides is 8. The van der Waals surface area contributed by atoms with Gasteiger partial charge in [0.15, 0.2) is 5.78 Å². The molecule has 5 heterocycles. The number of nitrogens with zero attached hydrogens (tertiary/aromatic N) is 2. The van der Waals surface area contributed by atoms with Crippen LogP contribution in [0.25, 0.3) is 10.9 Å². The van der Waals surface area contributed by atoms with Crippen molar-refractivity contribution in [2.75, 3.05) is 6.54 Å². The van der Waals surface area contributed by atoms with Gasteiger partial charge in [-0.25, -0.2) is 8.78 Å². The van der Waals surface area contributed by atoms with Gasteiger partial charge in [0.25, 0.3) is 17.7 Å². The van der Waals surface area contributed by atoms with E-state index in [0.717, 1.165) is 63.0 Å². The zero-order valence-corrected chi connectivity index (χ0v) is 43.9. The molecule has 4 aliphatic heterocycles. The molecule has 0 saturated carbocycles. The Hall–Kier alpha value is -7.75. The summed E-state index contributed by atoms with van der Waals surface area (Å²) in [5, 5.41) is 11.3. The van der Waals surface area contributed by atoms with Crippen molar-refractivity contribution in [3.05, 3.63) is 106 Å². The predicted molar refractivity (Wildman–Crippen MR) is 285 cm³/mol. The van der Waals surface area contributed by atoms with Crippen molar-refractivity contribution < 1.29 is 51.9 Å². The van der Waals surface area contributed by atoms with Crippen LogP contribution in [0.2, 0.25) is 0 Å². The second-order valence-electron chi connectivity index (χ2n) is 21.1. The minimum atomic E-state index is -3.08. The summed E-state index contributed by atoms with van der Waals surface area (Å²) in [6.07, 6.45) is 9.39. The molecule has 3 aromatic carbocycles. The van der Waals surface area contributed by atoms with Gasteiger partial charge in [-0.1, -0.05) is 86.4 Å². The van der Waals surface area contributed by atoms with Crippen LogP contribution in [-0.2, 0) is 46.0 Å². The third-order valence-electron chi connectivity index (χ3n) is 15.5. The smallest absolute Gasteiger partial charge is 0.270 e. The summed E-state index contributed by atoms with van der Waals surface area (Å²) in [6, 6.07) is 15.7. The molecule has 1 aromatic heterocycles. The van der Waals surface area contributed by atoms with Gasteiger partial charge in [-0.2, -0.15) is 0 Å². The van der Waals surface area contributed by atoms with Crippen LogP contribution in [0.3, 0.4) is 0 Å². The third-order valence-corrected chi connectivity index (χ3v) is 15.5. The first-order valence-electron chi connectivity index (χ1n) is 27.3. The number of primary amides is 1. The van der Waals surface area contributed by atoms with E-state index in [1.165, 1.54) is 34.1 Å². The number of alkyl halides is 2. The quantitative estimate of drug-likeness (QED) is 0.0270. The third kappa shape index (κ3) is 13.9. The number of H-pyrrole nitrogens is 1. The Balaban J connectivity index is 0.790. The number of hydrogen-bond acceptors (Lipinski definition) is 9. The number of carbonyl (C=O) groups is 9. The highest BCUT2D eigenvalue weighted by Crippen LogP contribution is 2.34. The van der Waals surface area contributed by atoms with Gasteiger partial charge in [0, 0.05) is 79.3 Å². The van der Waals surface area contributed by atoms with Crippen LogP contribution >= 0.6 is 0 Å². The Bertz CT molecular complexity index is 3000. The summed E-state index contributed by atoms with van der Waals surface area (Å²) >= 11 is 0. The Morgan fingerprint density at radius 2 is 1.62 bits per heavy atom. The molecular weight excluding hydrogens is 1000 g/mol. The van der Waals surface area contributed by atoms with Crippen LogP contribution in [-0.4, -0.2) is 105 Å². The molecule has 7 N–H and O–H groups in total. The molecule has 0 spiro atoms. The van der Waals surface area contributed by atoms with Crippen molar-refractivity contribution in [3.63, 3.8) is 0 Å². The largest absolute Gasteiger partial charge is 0.370 e. The van der Waals surface area contributed by atoms with Gasteiger partial charge < -0.3 is 36.5 Å². The van der Waals surface area contributed by atoms with Gasteiger partial charge in [0.1, 0.15) is 23.8 Å². The number of unbranched alkanes of at least 4 members (excludes halogenated alkanes) is 7. The number of aromatic nitrogens is 1. The van der Waals surface area contributed by atoms with Gasteiger partial charge in [-0.3, -0.25) is 48.5 Å². The molecule has 1 unspecified atom stereocenters. The number of carbonyl (C=O) groups excluding carboxylic acids is 9. The van der Waals surface area contributed by atoms with E-state index in [1.807, 2.05) is 6.07 Å². The number of benzene rings is 3. The van der Waals surface area contributed by atoms with Crippen LogP contribution in [0.5, 0.6) is 0 Å². The van der Waals surface area contributed by atoms with Gasteiger partial charge >= 0.3 is 0 Å². The number of hydrogen-bond donors (Lipinski definition) is 6. The van der Waals surface area contributed by atoms with Crippen LogP contribution in [0, 0.1) is 11.8 Å². The minimum Gasteiger partial charge on any atom is -0.370 e. The number of aromatic amines is 1. The molecule has 17 nitrogen and oxygen atoms in total. The normalized spacial score (nSPS) is 19.9. The van der Waals surface area contributed by atoms with Gasteiger partial charge in [-0.15, -0.1) is 0 Å². The first-order chi connectivity index (χ1) is 37.5. The van der Waals surface area contributed by atoms with E-state index in [1.54, 1.807) is 42.5 Å². The molecule has 6 atom stereocenters. The number of halogens is 2. The molecule has 0 aliphatic carbocycles. The summed E-state index contributed by atoms with van der Waals surface area (Å²) in [5.41, 5.74) is 8.58. The van der Waals surface area contributed by atoms with E-state index in [0.29, 0.717) is 73.5 Å². The average molecular weight is 1070 g/mol. The molecule has 19 heteroatoms. The molecule has 3 saturated heterocycles. The topological polar surface area (TPSA) is 250 Å². The van der Waals surface area contributed by atoms with Crippen LogP contribution in [0.15, 0.2) is 72.8 Å². The lowest BCUT2D eigenvalue weighted by Gasteiger charge is -2.31. The number of ketones is 1. The van der Waals surface area contributed by atoms with Crippen LogP contribution < -0.4 is 27.0 Å². The lowest BCUT2D eigenvalue weighted by atomic mass is 9.89. The average Bonchev–Trinajstić information content (AvgIpc) is 4.15. The Morgan fingerprint density at radius 3 is 2.36 bits per heavy atom. The fourth-order valence-electron chi connectivity index (χ4n) is 11.2. The number of piperidine rings is 1. The molecule has 4 aromatic rings. The Kier molecular flexibility index (Phi) is 18.5. The van der Waals surface area contributed by atoms with Crippen molar-refractivity contribution >= 4 is 63.9 Å². The number of nitrogens with one attached hydrogen (secondary N) is 5. The van der Waals surface area contributed by atoms with Crippen molar-refractivity contribution in [3.8, 4) is 11.8 Å². The molecular formula is C59H68F2N8O9. The first kappa shape index (κ1) is 56.5. The highest BCUT2D eigenvalue weighted by Gasteiger charge is 2.46. The molecule has 412 valence electrons. The molecule has 3 fully saturated rings. The van der Waals surface area contributed by atoms with Crippen molar-refractivity contribution in [2.45, 2.75) is 171 Å². The van der Waals surface area contributed by atoms with E-state index in [4.69, 9.17) is 5.73 Å². The van der Waals surface area contributed by atoms with Crippen molar-refractivity contribution in [1.82, 2.24) is 36.1 Å². The van der Waals surface area contributed by atoms with E-state index in [-0.39, 0.29) is 67.2 Å². The molecule has 4 aliphatic rings. The van der Waals surface area contributed by atoms with Crippen LogP contribution in [0.1, 0.15) is 172 Å². The summed E-state index contributed by atoms with van der Waals surface area (Å²) in [6.45, 7) is 1.46. The number of nitrogens with two attached hydrogens (primary N) is 1.